The summed E-state index contributed by atoms with van der Waals surface area (Å²) in [6.07, 6.45) is 0.0197. The lowest BCUT2D eigenvalue weighted by Gasteiger charge is -2.24. The van der Waals surface area contributed by atoms with Gasteiger partial charge in [-0.1, -0.05) is 32.9 Å². The molecule has 0 heterocycles. The molecule has 1 aromatic rings. The van der Waals surface area contributed by atoms with Gasteiger partial charge in [0.2, 0.25) is 5.91 Å². The molecule has 0 bridgehead atoms. The molecule has 0 aliphatic heterocycles. The van der Waals surface area contributed by atoms with E-state index >= 15 is 0 Å². The number of carbonyl (C=O) groups is 4. The Morgan fingerprint density at radius 3 is 2.03 bits per heavy atom. The van der Waals surface area contributed by atoms with Crippen LogP contribution in [0, 0.1) is 11.8 Å². The number of hydrogen-bond acceptors (Lipinski definition) is 6. The van der Waals surface area contributed by atoms with E-state index in [9.17, 15) is 19.2 Å². The monoisotopic (exact) mass is 464 g/mol. The molecule has 0 spiro atoms. The summed E-state index contributed by atoms with van der Waals surface area (Å²) in [5.41, 5.74) is 0.154. The van der Waals surface area contributed by atoms with Gasteiger partial charge in [-0.25, -0.2) is 9.59 Å². The third-order valence-corrected chi connectivity index (χ3v) is 4.68. The van der Waals surface area contributed by atoms with Gasteiger partial charge in [-0.15, -0.1) is 0 Å². The summed E-state index contributed by atoms with van der Waals surface area (Å²) < 4.78 is 10.6. The Kier molecular flexibility index (Phi) is 10.3. The summed E-state index contributed by atoms with van der Waals surface area (Å²) in [5, 5.41) is 14.5. The summed E-state index contributed by atoms with van der Waals surface area (Å²) in [6.45, 7) is 11.7. The van der Waals surface area contributed by atoms with Crippen LogP contribution in [0.4, 0.5) is 4.79 Å². The third-order valence-electron chi connectivity index (χ3n) is 4.68. The van der Waals surface area contributed by atoms with Gasteiger partial charge in [0.15, 0.2) is 0 Å². The minimum Gasteiger partial charge on any atom is -0.481 e. The number of nitrogens with one attached hydrogen (secondary N) is 2. The highest BCUT2D eigenvalue weighted by Gasteiger charge is 2.28. The molecule has 0 radical (unpaired) electrons. The Bertz CT molecular complexity index is 828. The van der Waals surface area contributed by atoms with Crippen LogP contribution in [0.2, 0.25) is 0 Å². The topological polar surface area (TPSA) is 131 Å². The molecule has 0 saturated carbocycles. The number of carbonyl (C=O) groups excluding carboxylic acids is 3. The highest BCUT2D eigenvalue weighted by molar-refractivity contribution is 5.83. The molecular weight excluding hydrogens is 428 g/mol. The summed E-state index contributed by atoms with van der Waals surface area (Å²) in [6, 6.07) is 5.49. The number of benzene rings is 1. The van der Waals surface area contributed by atoms with E-state index in [2.05, 4.69) is 10.6 Å². The Morgan fingerprint density at radius 2 is 1.58 bits per heavy atom. The fourth-order valence-corrected chi connectivity index (χ4v) is 3.10. The van der Waals surface area contributed by atoms with Crippen molar-refractivity contribution in [3.05, 3.63) is 29.8 Å². The fraction of sp³-hybridized carbons (Fsp3) is 0.583. The lowest BCUT2D eigenvalue weighted by molar-refractivity contribution is -0.142. The lowest BCUT2D eigenvalue weighted by Crippen LogP contribution is -2.48. The zero-order valence-electron chi connectivity index (χ0n) is 20.4. The second kappa shape index (κ2) is 12.2. The predicted molar refractivity (Wildman–Crippen MR) is 123 cm³/mol. The molecule has 0 fully saturated rings. The maximum Gasteiger partial charge on any atom is 0.408 e. The van der Waals surface area contributed by atoms with Crippen molar-refractivity contribution in [1.82, 2.24) is 10.6 Å². The van der Waals surface area contributed by atoms with Gasteiger partial charge in [0.05, 0.1) is 5.92 Å². The van der Waals surface area contributed by atoms with Gasteiger partial charge in [0.1, 0.15) is 17.4 Å². The normalized spacial score (nSPS) is 14.1. The molecule has 1 rings (SSSR count). The first-order valence-electron chi connectivity index (χ1n) is 11.0. The summed E-state index contributed by atoms with van der Waals surface area (Å²) in [5.74, 6) is -2.30. The van der Waals surface area contributed by atoms with Crippen LogP contribution in [-0.2, 0) is 25.5 Å². The van der Waals surface area contributed by atoms with E-state index in [4.69, 9.17) is 14.6 Å². The molecule has 3 atom stereocenters. The number of carboxylic acids is 1. The average Bonchev–Trinajstić information content (AvgIpc) is 2.65. The summed E-state index contributed by atoms with van der Waals surface area (Å²) in [4.78, 5) is 47.3. The van der Waals surface area contributed by atoms with Crippen LogP contribution in [0.25, 0.3) is 0 Å². The molecule has 0 aliphatic carbocycles. The van der Waals surface area contributed by atoms with Crippen LogP contribution in [-0.4, -0.2) is 46.7 Å². The molecule has 0 aromatic heterocycles. The van der Waals surface area contributed by atoms with E-state index in [-0.39, 0.29) is 24.3 Å². The van der Waals surface area contributed by atoms with Crippen LogP contribution in [0.5, 0.6) is 5.75 Å². The van der Waals surface area contributed by atoms with Crippen LogP contribution < -0.4 is 15.4 Å². The van der Waals surface area contributed by atoms with E-state index in [1.807, 2.05) is 0 Å². The Hall–Kier alpha value is -3.10. The number of ether oxygens (including phenoxy) is 2. The number of aliphatic carboxylic acids is 1. The maximum absolute atomic E-state index is 12.6. The first-order valence-corrected chi connectivity index (χ1v) is 11.0. The highest BCUT2D eigenvalue weighted by atomic mass is 16.6. The predicted octanol–water partition coefficient (Wildman–Crippen LogP) is 3.30. The van der Waals surface area contributed by atoms with E-state index in [1.165, 1.54) is 6.92 Å². The first-order chi connectivity index (χ1) is 15.2. The Balaban J connectivity index is 2.81. The molecule has 33 heavy (non-hydrogen) atoms. The van der Waals surface area contributed by atoms with Crippen molar-refractivity contribution in [1.29, 1.82) is 0 Å². The van der Waals surface area contributed by atoms with Crippen molar-refractivity contribution in [2.45, 2.75) is 79.0 Å². The van der Waals surface area contributed by atoms with E-state index in [0.717, 1.165) is 5.56 Å². The van der Waals surface area contributed by atoms with Gasteiger partial charge in [-0.3, -0.25) is 9.59 Å². The largest absolute Gasteiger partial charge is 0.481 e. The quantitative estimate of drug-likeness (QED) is 0.358. The third kappa shape index (κ3) is 10.9. The molecular formula is C24H36N2O7. The molecule has 184 valence electrons. The van der Waals surface area contributed by atoms with Gasteiger partial charge >= 0.3 is 18.0 Å². The fourth-order valence-electron chi connectivity index (χ4n) is 3.10. The van der Waals surface area contributed by atoms with Gasteiger partial charge in [0, 0.05) is 13.0 Å². The van der Waals surface area contributed by atoms with E-state index in [1.54, 1.807) is 65.8 Å². The summed E-state index contributed by atoms with van der Waals surface area (Å²) in [7, 11) is 0. The molecule has 3 unspecified atom stereocenters. The number of amides is 2. The smallest absolute Gasteiger partial charge is 0.408 e. The Labute approximate surface area is 195 Å². The van der Waals surface area contributed by atoms with Gasteiger partial charge in [-0.05, 0) is 57.2 Å². The van der Waals surface area contributed by atoms with Crippen LogP contribution in [0.15, 0.2) is 24.3 Å². The number of hydrogen-bond donors (Lipinski definition) is 3. The zero-order chi connectivity index (χ0) is 25.3. The maximum atomic E-state index is 12.6. The molecule has 0 saturated heterocycles. The van der Waals surface area contributed by atoms with Gasteiger partial charge in [0.25, 0.3) is 0 Å². The number of carboxylic acid groups (broad SMARTS) is 1. The van der Waals surface area contributed by atoms with Crippen LogP contribution in [0.3, 0.4) is 0 Å². The number of esters is 1. The van der Waals surface area contributed by atoms with Crippen molar-refractivity contribution in [2.24, 2.45) is 11.8 Å². The van der Waals surface area contributed by atoms with Crippen LogP contribution >= 0.6 is 0 Å². The molecule has 1 aromatic carbocycles. The summed E-state index contributed by atoms with van der Waals surface area (Å²) >= 11 is 0. The van der Waals surface area contributed by atoms with Crippen molar-refractivity contribution in [2.75, 3.05) is 0 Å². The zero-order valence-corrected chi connectivity index (χ0v) is 20.4. The second-order valence-electron chi connectivity index (χ2n) is 9.51. The molecule has 9 heteroatoms. The lowest BCUT2D eigenvalue weighted by atomic mass is 9.96. The van der Waals surface area contributed by atoms with E-state index in [0.29, 0.717) is 12.2 Å². The standard InChI is InChI=1S/C24H36N2O7/c1-14(2)20(26-23(31)33-24(5,6)7)22(30)32-19-10-8-17(9-11-19)13-18(25-16(4)27)12-15(3)21(28)29/h8-11,14-15,18,20H,12-13H2,1-7H3,(H,25,27)(H,26,31)(H,28,29). The minimum absolute atomic E-state index is 0.223. The number of alkyl carbamates (subject to hydrolysis) is 1. The average molecular weight is 465 g/mol. The van der Waals surface area contributed by atoms with Crippen molar-refractivity contribution in [3.63, 3.8) is 0 Å². The van der Waals surface area contributed by atoms with Gasteiger partial charge < -0.3 is 25.2 Å². The van der Waals surface area contributed by atoms with Crippen molar-refractivity contribution in [3.8, 4) is 5.75 Å². The molecule has 0 aliphatic rings. The van der Waals surface area contributed by atoms with E-state index < -0.39 is 35.6 Å². The second-order valence-corrected chi connectivity index (χ2v) is 9.51. The van der Waals surface area contributed by atoms with Gasteiger partial charge in [-0.2, -0.15) is 0 Å². The van der Waals surface area contributed by atoms with Crippen molar-refractivity contribution < 1.29 is 33.8 Å². The molecule has 9 nitrogen and oxygen atoms in total. The first kappa shape index (κ1) is 27.9. The van der Waals surface area contributed by atoms with Crippen LogP contribution in [0.1, 0.15) is 60.5 Å². The molecule has 3 N–H and O–H groups in total. The Morgan fingerprint density at radius 1 is 1.00 bits per heavy atom. The van der Waals surface area contributed by atoms with Crippen molar-refractivity contribution >= 4 is 23.9 Å². The highest BCUT2D eigenvalue weighted by Crippen LogP contribution is 2.18. The molecule has 2 amide bonds. The SMILES string of the molecule is CC(=O)NC(Cc1ccc(OC(=O)C(NC(=O)OC(C)(C)C)C(C)C)cc1)CC(C)C(=O)O. The minimum atomic E-state index is -0.924. The number of rotatable bonds is 10.